The summed E-state index contributed by atoms with van der Waals surface area (Å²) in [5.41, 5.74) is -0.348. The molecule has 4 nitrogen and oxygen atoms in total. The van der Waals surface area contributed by atoms with Crippen LogP contribution in [0.25, 0.3) is 0 Å². The van der Waals surface area contributed by atoms with Gasteiger partial charge in [0.25, 0.3) is 0 Å². The van der Waals surface area contributed by atoms with Crippen molar-refractivity contribution in [2.75, 3.05) is 24.5 Å². The second-order valence-electron chi connectivity index (χ2n) is 5.51. The molecule has 0 radical (unpaired) electrons. The van der Waals surface area contributed by atoms with Gasteiger partial charge in [-0.25, -0.2) is 8.78 Å². The smallest absolute Gasteiger partial charge is 0.228 e. The van der Waals surface area contributed by atoms with Crippen molar-refractivity contribution in [3.05, 3.63) is 29.8 Å². The number of halogens is 2. The van der Waals surface area contributed by atoms with Gasteiger partial charge in [0.2, 0.25) is 11.8 Å². The van der Waals surface area contributed by atoms with E-state index in [0.29, 0.717) is 13.1 Å². The maximum Gasteiger partial charge on any atom is 0.228 e. The Morgan fingerprint density at radius 1 is 1.14 bits per heavy atom. The molecule has 2 amide bonds. The average Bonchev–Trinajstić information content (AvgIpc) is 3.08. The number of carbonyl (C=O) groups is 2. The Kier molecular flexibility index (Phi) is 3.61. The summed E-state index contributed by atoms with van der Waals surface area (Å²) in [4.78, 5) is 27.1. The molecule has 21 heavy (non-hydrogen) atoms. The van der Waals surface area contributed by atoms with Crippen molar-refractivity contribution in [1.82, 2.24) is 4.90 Å². The third-order valence-electron chi connectivity index (χ3n) is 4.10. The molecule has 1 atom stereocenters. The van der Waals surface area contributed by atoms with Crippen LogP contribution in [0.4, 0.5) is 14.5 Å². The Labute approximate surface area is 121 Å². The van der Waals surface area contributed by atoms with E-state index in [0.717, 1.165) is 29.9 Å². The summed E-state index contributed by atoms with van der Waals surface area (Å²) in [6, 6.07) is 3.48. The van der Waals surface area contributed by atoms with E-state index in [1.54, 1.807) is 4.90 Å². The number of amides is 2. The minimum Gasteiger partial charge on any atom is -0.342 e. The Morgan fingerprint density at radius 3 is 2.38 bits per heavy atom. The SMILES string of the molecule is O=C(C1CC(=O)N(c2c(F)cccc2F)C1)N1CCCC1. The number of benzene rings is 1. The van der Waals surface area contributed by atoms with Gasteiger partial charge in [0.05, 0.1) is 5.92 Å². The Bertz CT molecular complexity index is 565. The third-order valence-corrected chi connectivity index (χ3v) is 4.10. The molecule has 2 aliphatic heterocycles. The summed E-state index contributed by atoms with van der Waals surface area (Å²) in [5.74, 6) is -2.55. The van der Waals surface area contributed by atoms with E-state index in [2.05, 4.69) is 0 Å². The maximum atomic E-state index is 13.8. The van der Waals surface area contributed by atoms with Crippen LogP contribution in [0, 0.1) is 17.6 Å². The molecule has 1 aromatic carbocycles. The lowest BCUT2D eigenvalue weighted by molar-refractivity contribution is -0.134. The minimum absolute atomic E-state index is 0.0170. The fourth-order valence-corrected chi connectivity index (χ4v) is 3.03. The van der Waals surface area contributed by atoms with Gasteiger partial charge >= 0.3 is 0 Å². The van der Waals surface area contributed by atoms with Gasteiger partial charge in [-0.05, 0) is 25.0 Å². The van der Waals surface area contributed by atoms with Crippen molar-refractivity contribution in [3.63, 3.8) is 0 Å². The molecule has 2 aliphatic rings. The van der Waals surface area contributed by atoms with Crippen LogP contribution >= 0.6 is 0 Å². The van der Waals surface area contributed by atoms with E-state index in [1.165, 1.54) is 6.07 Å². The van der Waals surface area contributed by atoms with Gasteiger partial charge in [0, 0.05) is 26.1 Å². The molecule has 0 bridgehead atoms. The number of carbonyl (C=O) groups excluding carboxylic acids is 2. The first-order valence-corrected chi connectivity index (χ1v) is 7.11. The molecule has 2 saturated heterocycles. The second-order valence-corrected chi connectivity index (χ2v) is 5.51. The van der Waals surface area contributed by atoms with E-state index >= 15 is 0 Å². The number of anilines is 1. The van der Waals surface area contributed by atoms with Crippen LogP contribution in [0.5, 0.6) is 0 Å². The highest BCUT2D eigenvalue weighted by atomic mass is 19.1. The van der Waals surface area contributed by atoms with E-state index in [4.69, 9.17) is 0 Å². The molecule has 6 heteroatoms. The van der Waals surface area contributed by atoms with Gasteiger partial charge in [-0.2, -0.15) is 0 Å². The monoisotopic (exact) mass is 294 g/mol. The minimum atomic E-state index is -0.780. The first-order chi connectivity index (χ1) is 10.1. The molecule has 112 valence electrons. The zero-order valence-electron chi connectivity index (χ0n) is 11.5. The van der Waals surface area contributed by atoms with Crippen molar-refractivity contribution in [2.24, 2.45) is 5.92 Å². The van der Waals surface area contributed by atoms with Crippen LogP contribution in [-0.2, 0) is 9.59 Å². The van der Waals surface area contributed by atoms with Crippen LogP contribution < -0.4 is 4.90 Å². The normalized spacial score (nSPS) is 22.2. The van der Waals surface area contributed by atoms with Crippen molar-refractivity contribution in [2.45, 2.75) is 19.3 Å². The summed E-state index contributed by atoms with van der Waals surface area (Å²) < 4.78 is 27.6. The number of nitrogens with zero attached hydrogens (tertiary/aromatic N) is 2. The van der Waals surface area contributed by atoms with Gasteiger partial charge in [-0.15, -0.1) is 0 Å². The molecule has 0 saturated carbocycles. The third kappa shape index (κ3) is 2.50. The van der Waals surface area contributed by atoms with Crippen LogP contribution in [0.3, 0.4) is 0 Å². The lowest BCUT2D eigenvalue weighted by Gasteiger charge is -2.21. The second kappa shape index (κ2) is 5.42. The van der Waals surface area contributed by atoms with E-state index in [-0.39, 0.29) is 24.6 Å². The fourth-order valence-electron chi connectivity index (χ4n) is 3.03. The summed E-state index contributed by atoms with van der Waals surface area (Å²) in [7, 11) is 0. The Hall–Kier alpha value is -1.98. The van der Waals surface area contributed by atoms with Crippen LogP contribution in [0.1, 0.15) is 19.3 Å². The topological polar surface area (TPSA) is 40.6 Å². The summed E-state index contributed by atoms with van der Waals surface area (Å²) in [6.45, 7) is 1.46. The standard InChI is InChI=1S/C15H16F2N2O2/c16-11-4-3-5-12(17)14(11)19-9-10(8-13(19)20)15(21)18-6-1-2-7-18/h3-5,10H,1-2,6-9H2. The highest BCUT2D eigenvalue weighted by Crippen LogP contribution is 2.31. The predicted octanol–water partition coefficient (Wildman–Crippen LogP) is 1.94. The van der Waals surface area contributed by atoms with Crippen LogP contribution in [0.15, 0.2) is 18.2 Å². The van der Waals surface area contributed by atoms with E-state index in [1.807, 2.05) is 0 Å². The van der Waals surface area contributed by atoms with E-state index < -0.39 is 23.5 Å². The van der Waals surface area contributed by atoms with Crippen molar-refractivity contribution < 1.29 is 18.4 Å². The molecule has 3 rings (SSSR count). The van der Waals surface area contributed by atoms with Crippen molar-refractivity contribution >= 4 is 17.5 Å². The molecule has 2 heterocycles. The molecule has 0 spiro atoms. The van der Waals surface area contributed by atoms with Crippen molar-refractivity contribution in [1.29, 1.82) is 0 Å². The lowest BCUT2D eigenvalue weighted by Crippen LogP contribution is -2.35. The highest BCUT2D eigenvalue weighted by molar-refractivity contribution is 6.00. The van der Waals surface area contributed by atoms with Gasteiger partial charge in [-0.3, -0.25) is 9.59 Å². The Balaban J connectivity index is 1.80. The first kappa shape index (κ1) is 14.0. The lowest BCUT2D eigenvalue weighted by atomic mass is 10.1. The molecule has 0 N–H and O–H groups in total. The molecule has 0 aromatic heterocycles. The summed E-state index contributed by atoms with van der Waals surface area (Å²) in [5, 5.41) is 0. The molecule has 2 fully saturated rings. The highest BCUT2D eigenvalue weighted by Gasteiger charge is 2.39. The molecular formula is C15H16F2N2O2. The fraction of sp³-hybridized carbons (Fsp3) is 0.467. The quantitative estimate of drug-likeness (QED) is 0.836. The summed E-state index contributed by atoms with van der Waals surface area (Å²) in [6.07, 6.45) is 1.96. The van der Waals surface area contributed by atoms with Gasteiger partial charge < -0.3 is 9.80 Å². The number of para-hydroxylation sites is 1. The van der Waals surface area contributed by atoms with Gasteiger partial charge in [-0.1, -0.05) is 6.07 Å². The van der Waals surface area contributed by atoms with Crippen LogP contribution in [-0.4, -0.2) is 36.3 Å². The number of hydrogen-bond acceptors (Lipinski definition) is 2. The van der Waals surface area contributed by atoms with Crippen molar-refractivity contribution in [3.8, 4) is 0 Å². The zero-order chi connectivity index (χ0) is 15.0. The predicted molar refractivity (Wildman–Crippen MR) is 72.6 cm³/mol. The van der Waals surface area contributed by atoms with Gasteiger partial charge in [0.15, 0.2) is 0 Å². The Morgan fingerprint density at radius 2 is 1.76 bits per heavy atom. The van der Waals surface area contributed by atoms with Crippen LogP contribution in [0.2, 0.25) is 0 Å². The largest absolute Gasteiger partial charge is 0.342 e. The molecular weight excluding hydrogens is 278 g/mol. The number of hydrogen-bond donors (Lipinski definition) is 0. The molecule has 0 aliphatic carbocycles. The average molecular weight is 294 g/mol. The maximum absolute atomic E-state index is 13.8. The molecule has 1 aromatic rings. The first-order valence-electron chi connectivity index (χ1n) is 7.11. The molecule has 1 unspecified atom stereocenters. The zero-order valence-corrected chi connectivity index (χ0v) is 11.5. The van der Waals surface area contributed by atoms with E-state index in [9.17, 15) is 18.4 Å². The van der Waals surface area contributed by atoms with Gasteiger partial charge in [0.1, 0.15) is 17.3 Å². The summed E-state index contributed by atoms with van der Waals surface area (Å²) >= 11 is 0. The number of rotatable bonds is 2. The number of likely N-dealkylation sites (tertiary alicyclic amines) is 1.